The van der Waals surface area contributed by atoms with E-state index in [-0.39, 0.29) is 18.7 Å². The number of carbonyl (C=O) groups is 2. The molecule has 0 amide bonds. The van der Waals surface area contributed by atoms with E-state index in [1.54, 1.807) is 0 Å². The maximum Gasteiger partial charge on any atom is 0.418 e. The maximum atomic E-state index is 15.3. The van der Waals surface area contributed by atoms with Crippen molar-refractivity contribution in [3.05, 3.63) is 34.1 Å². The number of aliphatic carboxylic acids is 2. The van der Waals surface area contributed by atoms with Crippen LogP contribution in [-0.2, 0) is 15.8 Å². The number of halogens is 6. The third-order valence-electron chi connectivity index (χ3n) is 6.72. The molecule has 1 aromatic carbocycles. The molecule has 0 aliphatic carbocycles. The van der Waals surface area contributed by atoms with Gasteiger partial charge in [0.2, 0.25) is 0 Å². The van der Waals surface area contributed by atoms with Gasteiger partial charge in [-0.1, -0.05) is 18.5 Å². The maximum absolute atomic E-state index is 15.3. The van der Waals surface area contributed by atoms with Crippen molar-refractivity contribution < 1.29 is 41.8 Å². The number of carboxylic acids is 2. The fourth-order valence-electron chi connectivity index (χ4n) is 5.03. The zero-order valence-corrected chi connectivity index (χ0v) is 20.0. The van der Waals surface area contributed by atoms with Gasteiger partial charge in [0, 0.05) is 35.6 Å². The van der Waals surface area contributed by atoms with E-state index in [9.17, 15) is 37.4 Å². The lowest BCUT2D eigenvalue weighted by Crippen LogP contribution is -2.71. The van der Waals surface area contributed by atoms with Crippen molar-refractivity contribution in [2.45, 2.75) is 44.4 Å². The van der Waals surface area contributed by atoms with Gasteiger partial charge < -0.3 is 21.3 Å². The number of thioether (sulfide) groups is 1. The average molecular weight is 533 g/mol. The van der Waals surface area contributed by atoms with Gasteiger partial charge in [-0.05, 0) is 25.5 Å². The van der Waals surface area contributed by atoms with Gasteiger partial charge in [0.1, 0.15) is 12.5 Å². The first-order chi connectivity index (χ1) is 15.7. The van der Waals surface area contributed by atoms with Gasteiger partial charge in [-0.2, -0.15) is 24.9 Å². The van der Waals surface area contributed by atoms with Crippen molar-refractivity contribution in [1.29, 1.82) is 0 Å². The smallest absolute Gasteiger partial charge is 0.418 e. The summed E-state index contributed by atoms with van der Waals surface area (Å²) in [5.74, 6) is -6.68. The van der Waals surface area contributed by atoms with Crippen molar-refractivity contribution in [2.75, 3.05) is 24.7 Å². The Bertz CT molecular complexity index is 937. The number of rotatable bonds is 9. The van der Waals surface area contributed by atoms with E-state index in [1.807, 2.05) is 0 Å². The lowest BCUT2D eigenvalue weighted by molar-refractivity contribution is -0.173. The molecular weight excluding hydrogens is 507 g/mol. The van der Waals surface area contributed by atoms with Crippen LogP contribution in [0.25, 0.3) is 0 Å². The molecule has 1 aliphatic heterocycles. The first-order valence-electron chi connectivity index (χ1n) is 10.4. The number of alkyl halides is 4. The van der Waals surface area contributed by atoms with Gasteiger partial charge >= 0.3 is 18.1 Å². The molecule has 192 valence electrons. The Kier molecular flexibility index (Phi) is 8.88. The highest BCUT2D eigenvalue weighted by Gasteiger charge is 2.67. The highest BCUT2D eigenvalue weighted by Crippen LogP contribution is 2.60. The standard InChI is InChI=1S/C21H26ClF5N2O4S/c1-3-20(18(32)33)13(9-34-7-6-28)29-12(8-23)19(2,17(30)31)16(20)14-11(24)5-4-10(22)15(14)21(25,26)27/h4-5,12-13,16,29H,3,6-9,28H2,1-2H3,(H,30,31)(H,32,33). The van der Waals surface area contributed by atoms with Crippen LogP contribution < -0.4 is 11.1 Å². The second-order valence-corrected chi connectivity index (χ2v) is 9.88. The molecule has 1 aromatic rings. The Hall–Kier alpha value is -1.63. The minimum atomic E-state index is -5.24. The molecular formula is C21H26ClF5N2O4S. The molecule has 5 atom stereocenters. The molecule has 1 heterocycles. The Balaban J connectivity index is 3.04. The van der Waals surface area contributed by atoms with Crippen LogP contribution in [-0.4, -0.2) is 59.0 Å². The Morgan fingerprint density at radius 3 is 2.29 bits per heavy atom. The Morgan fingerprint density at radius 2 is 1.85 bits per heavy atom. The van der Waals surface area contributed by atoms with Crippen molar-refractivity contribution in [3.63, 3.8) is 0 Å². The van der Waals surface area contributed by atoms with Gasteiger partial charge in [0.25, 0.3) is 0 Å². The summed E-state index contributed by atoms with van der Waals surface area (Å²) in [5.41, 5.74) is -2.12. The van der Waals surface area contributed by atoms with Crippen LogP contribution in [0, 0.1) is 16.6 Å². The van der Waals surface area contributed by atoms with Crippen molar-refractivity contribution >= 4 is 35.3 Å². The van der Waals surface area contributed by atoms with E-state index in [2.05, 4.69) is 5.32 Å². The summed E-state index contributed by atoms with van der Waals surface area (Å²) >= 11 is 6.98. The molecule has 0 bridgehead atoms. The fraction of sp³-hybridized carbons (Fsp3) is 0.619. The van der Waals surface area contributed by atoms with Gasteiger partial charge in [0.05, 0.1) is 27.5 Å². The molecule has 2 rings (SSSR count). The predicted octanol–water partition coefficient (Wildman–Crippen LogP) is 4.16. The minimum absolute atomic E-state index is 0.0381. The molecule has 1 saturated heterocycles. The van der Waals surface area contributed by atoms with Crippen LogP contribution in [0.5, 0.6) is 0 Å². The molecule has 1 fully saturated rings. The molecule has 0 radical (unpaired) electrons. The molecule has 1 aliphatic rings. The first-order valence-corrected chi connectivity index (χ1v) is 11.9. The van der Waals surface area contributed by atoms with Crippen LogP contribution in [0.15, 0.2) is 12.1 Å². The number of nitrogens with one attached hydrogen (secondary N) is 1. The fourth-order valence-corrected chi connectivity index (χ4v) is 6.26. The van der Waals surface area contributed by atoms with Crippen molar-refractivity contribution in [1.82, 2.24) is 5.32 Å². The summed E-state index contributed by atoms with van der Waals surface area (Å²) in [6.07, 6.45) is -5.62. The molecule has 0 saturated carbocycles. The van der Waals surface area contributed by atoms with Crippen LogP contribution in [0.4, 0.5) is 22.0 Å². The van der Waals surface area contributed by atoms with Crippen LogP contribution in [0.1, 0.15) is 37.3 Å². The zero-order chi connectivity index (χ0) is 26.1. The number of piperidine rings is 1. The molecule has 5 N–H and O–H groups in total. The summed E-state index contributed by atoms with van der Waals surface area (Å²) in [6, 6.07) is -1.53. The van der Waals surface area contributed by atoms with E-state index in [4.69, 9.17) is 17.3 Å². The zero-order valence-electron chi connectivity index (χ0n) is 18.4. The molecule has 34 heavy (non-hydrogen) atoms. The van der Waals surface area contributed by atoms with E-state index >= 15 is 4.39 Å². The third-order valence-corrected chi connectivity index (χ3v) is 8.13. The molecule has 0 aromatic heterocycles. The summed E-state index contributed by atoms with van der Waals surface area (Å²) in [4.78, 5) is 25.3. The molecule has 5 unspecified atom stereocenters. The van der Waals surface area contributed by atoms with Crippen LogP contribution in [0.2, 0.25) is 5.02 Å². The monoisotopic (exact) mass is 532 g/mol. The van der Waals surface area contributed by atoms with Crippen LogP contribution in [0.3, 0.4) is 0 Å². The average Bonchev–Trinajstić information content (AvgIpc) is 2.74. The van der Waals surface area contributed by atoms with Crippen molar-refractivity contribution in [3.8, 4) is 0 Å². The number of hydrogen-bond donors (Lipinski definition) is 4. The summed E-state index contributed by atoms with van der Waals surface area (Å²) in [7, 11) is 0. The topological polar surface area (TPSA) is 113 Å². The largest absolute Gasteiger partial charge is 0.481 e. The Morgan fingerprint density at radius 1 is 1.24 bits per heavy atom. The van der Waals surface area contributed by atoms with Gasteiger partial charge in [-0.3, -0.25) is 9.59 Å². The normalized spacial score (nSPS) is 29.7. The van der Waals surface area contributed by atoms with Crippen LogP contribution >= 0.6 is 23.4 Å². The summed E-state index contributed by atoms with van der Waals surface area (Å²) in [5, 5.41) is 22.3. The highest BCUT2D eigenvalue weighted by atomic mass is 35.5. The van der Waals surface area contributed by atoms with Gasteiger partial charge in [0.15, 0.2) is 0 Å². The number of hydrogen-bond acceptors (Lipinski definition) is 5. The second kappa shape index (κ2) is 10.5. The van der Waals surface area contributed by atoms with Gasteiger partial charge in [-0.25, -0.2) is 8.78 Å². The third kappa shape index (κ3) is 4.61. The highest BCUT2D eigenvalue weighted by molar-refractivity contribution is 7.99. The molecule has 13 heteroatoms. The van der Waals surface area contributed by atoms with Crippen molar-refractivity contribution in [2.24, 2.45) is 16.6 Å². The lowest BCUT2D eigenvalue weighted by Gasteiger charge is -2.57. The minimum Gasteiger partial charge on any atom is -0.481 e. The van der Waals surface area contributed by atoms with E-state index in [0.717, 1.165) is 6.92 Å². The lowest BCUT2D eigenvalue weighted by atomic mass is 9.51. The second-order valence-electron chi connectivity index (χ2n) is 8.33. The van der Waals surface area contributed by atoms with E-state index in [0.29, 0.717) is 17.9 Å². The van der Waals surface area contributed by atoms with Gasteiger partial charge in [-0.15, -0.1) is 0 Å². The van der Waals surface area contributed by atoms with E-state index < -0.39 is 75.6 Å². The SMILES string of the molecule is CCC1(C(=O)O)C(CSCCN)NC(CF)C(C)(C(=O)O)C1c1c(F)ccc(Cl)c1C(F)(F)F. The predicted molar refractivity (Wildman–Crippen MR) is 118 cm³/mol. The number of carboxylic acid groups (broad SMARTS) is 2. The number of nitrogens with two attached hydrogens (primary N) is 1. The Labute approximate surface area is 202 Å². The number of benzene rings is 1. The quantitative estimate of drug-likeness (QED) is 0.279. The first kappa shape index (κ1) is 28.6. The van der Waals surface area contributed by atoms with E-state index in [1.165, 1.54) is 18.7 Å². The summed E-state index contributed by atoms with van der Waals surface area (Å²) < 4.78 is 71.9. The summed E-state index contributed by atoms with van der Waals surface area (Å²) in [6.45, 7) is 1.17. The molecule has 6 nitrogen and oxygen atoms in total. The molecule has 0 spiro atoms.